The standard InChI is InChI=1S/C16H33BN2O3/c1-7-10-19-12-15(20)13(2)8-9-14(11-18-6)17(21)22-16(3,4)5/h8-9,11,13,15,18-21H,7,10,12H2,1-6H3/b9-8-,14-11+/t13?,15-/m0/s1. The maximum absolute atomic E-state index is 10.1. The second-order valence-corrected chi connectivity index (χ2v) is 6.51. The maximum atomic E-state index is 10.1. The number of nitrogens with one attached hydrogen (secondary N) is 2. The van der Waals surface area contributed by atoms with Crippen LogP contribution in [-0.2, 0) is 4.65 Å². The van der Waals surface area contributed by atoms with Gasteiger partial charge in [0.1, 0.15) is 0 Å². The number of aliphatic hydroxyl groups excluding tert-OH is 1. The lowest BCUT2D eigenvalue weighted by Gasteiger charge is -2.23. The van der Waals surface area contributed by atoms with E-state index in [-0.39, 0.29) is 5.92 Å². The van der Waals surface area contributed by atoms with Crippen LogP contribution in [0.4, 0.5) is 0 Å². The van der Waals surface area contributed by atoms with E-state index in [4.69, 9.17) is 4.65 Å². The van der Waals surface area contributed by atoms with E-state index < -0.39 is 18.8 Å². The predicted octanol–water partition coefficient (Wildman–Crippen LogP) is 1.48. The monoisotopic (exact) mass is 312 g/mol. The molecule has 0 saturated carbocycles. The first-order valence-electron chi connectivity index (χ1n) is 8.01. The van der Waals surface area contributed by atoms with Crippen LogP contribution in [0.3, 0.4) is 0 Å². The van der Waals surface area contributed by atoms with Crippen LogP contribution in [0.15, 0.2) is 23.8 Å². The van der Waals surface area contributed by atoms with Crippen molar-refractivity contribution in [1.82, 2.24) is 10.6 Å². The molecule has 5 nitrogen and oxygen atoms in total. The number of hydrogen-bond donors (Lipinski definition) is 4. The molecule has 0 aliphatic carbocycles. The topological polar surface area (TPSA) is 73.8 Å². The summed E-state index contributed by atoms with van der Waals surface area (Å²) in [4.78, 5) is 0. The molecular weight excluding hydrogens is 279 g/mol. The van der Waals surface area contributed by atoms with Crippen LogP contribution in [0.2, 0.25) is 0 Å². The zero-order valence-electron chi connectivity index (χ0n) is 14.9. The first-order chi connectivity index (χ1) is 10.2. The maximum Gasteiger partial charge on any atom is 0.492 e. The normalized spacial score (nSPS) is 15.9. The smallest absolute Gasteiger partial charge is 0.423 e. The third-order valence-electron chi connectivity index (χ3n) is 3.04. The fourth-order valence-corrected chi connectivity index (χ4v) is 1.78. The van der Waals surface area contributed by atoms with E-state index in [9.17, 15) is 10.1 Å². The van der Waals surface area contributed by atoms with Gasteiger partial charge in [-0.05, 0) is 45.4 Å². The highest BCUT2D eigenvalue weighted by molar-refractivity contribution is 6.53. The third kappa shape index (κ3) is 10.0. The molecular formula is C16H33BN2O3. The van der Waals surface area contributed by atoms with Gasteiger partial charge in [-0.1, -0.05) is 26.0 Å². The minimum atomic E-state index is -1.01. The molecule has 0 spiro atoms. The van der Waals surface area contributed by atoms with E-state index in [0.29, 0.717) is 12.0 Å². The Hall–Kier alpha value is -0.815. The summed E-state index contributed by atoms with van der Waals surface area (Å²) in [6, 6.07) is 0. The molecule has 1 unspecified atom stereocenters. The Bertz CT molecular complexity index is 354. The van der Waals surface area contributed by atoms with Gasteiger partial charge in [-0.2, -0.15) is 0 Å². The summed E-state index contributed by atoms with van der Waals surface area (Å²) in [5, 5.41) is 26.3. The largest absolute Gasteiger partial charge is 0.492 e. The summed E-state index contributed by atoms with van der Waals surface area (Å²) in [7, 11) is 0.760. The van der Waals surface area contributed by atoms with Crippen molar-refractivity contribution in [3.63, 3.8) is 0 Å². The SMILES string of the molecule is CCCNC[C@H](O)C(C)/C=C\C(=C/NC)B(O)OC(C)(C)C. The summed E-state index contributed by atoms with van der Waals surface area (Å²) in [5.41, 5.74) is 0.188. The summed E-state index contributed by atoms with van der Waals surface area (Å²) >= 11 is 0. The Morgan fingerprint density at radius 3 is 2.50 bits per heavy atom. The number of rotatable bonds is 10. The van der Waals surface area contributed by atoms with Crippen molar-refractivity contribution in [3.8, 4) is 0 Å². The molecule has 0 heterocycles. The van der Waals surface area contributed by atoms with Crippen molar-refractivity contribution in [2.75, 3.05) is 20.1 Å². The number of allylic oxidation sites excluding steroid dienone is 2. The van der Waals surface area contributed by atoms with Gasteiger partial charge in [0.25, 0.3) is 0 Å². The number of hydrogen-bond acceptors (Lipinski definition) is 5. The minimum absolute atomic E-state index is 0.0218. The van der Waals surface area contributed by atoms with Gasteiger partial charge >= 0.3 is 7.12 Å². The van der Waals surface area contributed by atoms with Gasteiger partial charge in [-0.3, -0.25) is 0 Å². The zero-order valence-corrected chi connectivity index (χ0v) is 14.9. The molecule has 0 aromatic rings. The minimum Gasteiger partial charge on any atom is -0.423 e. The van der Waals surface area contributed by atoms with Crippen molar-refractivity contribution in [1.29, 1.82) is 0 Å². The molecule has 0 aliphatic heterocycles. The first kappa shape index (κ1) is 21.2. The van der Waals surface area contributed by atoms with Crippen LogP contribution in [0.5, 0.6) is 0 Å². The molecule has 0 radical (unpaired) electrons. The predicted molar refractivity (Wildman–Crippen MR) is 93.4 cm³/mol. The van der Waals surface area contributed by atoms with Gasteiger partial charge in [0.05, 0.1) is 6.10 Å². The number of aliphatic hydroxyl groups is 1. The van der Waals surface area contributed by atoms with Crippen LogP contribution in [-0.4, -0.2) is 49.1 Å². The van der Waals surface area contributed by atoms with E-state index >= 15 is 0 Å². The zero-order chi connectivity index (χ0) is 17.2. The highest BCUT2D eigenvalue weighted by Gasteiger charge is 2.25. The fourth-order valence-electron chi connectivity index (χ4n) is 1.78. The molecule has 0 fully saturated rings. The molecule has 128 valence electrons. The van der Waals surface area contributed by atoms with E-state index in [0.717, 1.165) is 13.0 Å². The molecule has 0 bridgehead atoms. The van der Waals surface area contributed by atoms with Gasteiger partial charge in [0, 0.05) is 25.1 Å². The summed E-state index contributed by atoms with van der Waals surface area (Å²) in [5.74, 6) is -0.0218. The van der Waals surface area contributed by atoms with Crippen LogP contribution in [0, 0.1) is 5.92 Å². The van der Waals surface area contributed by atoms with Crippen molar-refractivity contribution >= 4 is 7.12 Å². The van der Waals surface area contributed by atoms with Crippen molar-refractivity contribution < 1.29 is 14.8 Å². The van der Waals surface area contributed by atoms with Gasteiger partial charge in [-0.25, -0.2) is 0 Å². The third-order valence-corrected chi connectivity index (χ3v) is 3.04. The summed E-state index contributed by atoms with van der Waals surface area (Å²) < 4.78 is 5.55. The Balaban J connectivity index is 4.63. The molecule has 0 aromatic carbocycles. The second kappa shape index (κ2) is 10.8. The summed E-state index contributed by atoms with van der Waals surface area (Å²) in [6.07, 6.45) is 5.96. The fraction of sp³-hybridized carbons (Fsp3) is 0.750. The molecule has 6 heteroatoms. The van der Waals surface area contributed by atoms with Gasteiger partial charge < -0.3 is 25.4 Å². The molecule has 0 aliphatic rings. The van der Waals surface area contributed by atoms with Crippen molar-refractivity contribution in [2.45, 2.75) is 52.7 Å². The van der Waals surface area contributed by atoms with E-state index in [1.807, 2.05) is 33.8 Å². The van der Waals surface area contributed by atoms with E-state index in [1.54, 1.807) is 19.3 Å². The van der Waals surface area contributed by atoms with Gasteiger partial charge in [0.15, 0.2) is 0 Å². The molecule has 0 saturated heterocycles. The molecule has 0 aromatic heterocycles. The van der Waals surface area contributed by atoms with Crippen LogP contribution < -0.4 is 10.6 Å². The Morgan fingerprint density at radius 1 is 1.36 bits per heavy atom. The highest BCUT2D eigenvalue weighted by atomic mass is 16.5. The molecule has 0 amide bonds. The van der Waals surface area contributed by atoms with Gasteiger partial charge in [-0.15, -0.1) is 0 Å². The Kier molecular flexibility index (Phi) is 10.4. The average molecular weight is 312 g/mol. The molecule has 2 atom stereocenters. The molecule has 22 heavy (non-hydrogen) atoms. The van der Waals surface area contributed by atoms with E-state index in [1.165, 1.54) is 0 Å². The highest BCUT2D eigenvalue weighted by Crippen LogP contribution is 2.14. The quantitative estimate of drug-likeness (QED) is 0.279. The van der Waals surface area contributed by atoms with Crippen LogP contribution >= 0.6 is 0 Å². The van der Waals surface area contributed by atoms with Gasteiger partial charge in [0.2, 0.25) is 0 Å². The van der Waals surface area contributed by atoms with Crippen molar-refractivity contribution in [2.24, 2.45) is 5.92 Å². The summed E-state index contributed by atoms with van der Waals surface area (Å²) in [6.45, 7) is 11.2. The van der Waals surface area contributed by atoms with Crippen LogP contribution in [0.1, 0.15) is 41.0 Å². The molecule has 4 N–H and O–H groups in total. The molecule has 0 rings (SSSR count). The lowest BCUT2D eigenvalue weighted by Crippen LogP contribution is -2.33. The first-order valence-corrected chi connectivity index (χ1v) is 8.01. The Labute approximate surface area is 136 Å². The van der Waals surface area contributed by atoms with Crippen LogP contribution in [0.25, 0.3) is 0 Å². The second-order valence-electron chi connectivity index (χ2n) is 6.51. The van der Waals surface area contributed by atoms with E-state index in [2.05, 4.69) is 17.6 Å². The Morgan fingerprint density at radius 2 is 2.00 bits per heavy atom. The lowest BCUT2D eigenvalue weighted by atomic mass is 9.77. The van der Waals surface area contributed by atoms with Crippen molar-refractivity contribution in [3.05, 3.63) is 23.8 Å². The lowest BCUT2D eigenvalue weighted by molar-refractivity contribution is 0.105. The average Bonchev–Trinajstić information content (AvgIpc) is 2.41.